The van der Waals surface area contributed by atoms with Gasteiger partial charge in [-0.2, -0.15) is 5.10 Å². The van der Waals surface area contributed by atoms with Gasteiger partial charge in [-0.25, -0.2) is 9.89 Å². The zero-order valence-corrected chi connectivity index (χ0v) is 14.9. The molecule has 3 aromatic rings. The molecule has 3 heterocycles. The number of hydrogen-bond donors (Lipinski definition) is 2. The van der Waals surface area contributed by atoms with E-state index in [0.717, 1.165) is 48.4 Å². The number of aromatic nitrogens is 4. The lowest BCUT2D eigenvalue weighted by molar-refractivity contribution is 0.192. The van der Waals surface area contributed by atoms with Gasteiger partial charge in [-0.1, -0.05) is 12.1 Å². The number of para-hydroxylation sites is 1. The fourth-order valence-corrected chi connectivity index (χ4v) is 3.94. The Labute approximate surface area is 150 Å². The molecule has 7 heteroatoms. The molecule has 0 amide bonds. The van der Waals surface area contributed by atoms with Crippen LogP contribution < -0.4 is 11.1 Å². The fraction of sp³-hybridized carbons (Fsp3) is 0.421. The first-order valence-electron chi connectivity index (χ1n) is 9.14. The Balaban J connectivity index is 1.55. The molecule has 1 aromatic carbocycles. The number of nitrogens with zero attached hydrogens (tertiary/aromatic N) is 3. The first-order chi connectivity index (χ1) is 12.7. The summed E-state index contributed by atoms with van der Waals surface area (Å²) >= 11 is 0. The Bertz CT molecular complexity index is 1030. The van der Waals surface area contributed by atoms with Crippen LogP contribution in [0.2, 0.25) is 0 Å². The summed E-state index contributed by atoms with van der Waals surface area (Å²) in [5.41, 5.74) is 1.70. The SMILES string of the molecule is CCn1c([C@H]2CCCN(Cc3cc(=O)c4ccccc4[nH]3)C2)n[nH]c1=O. The third-order valence-corrected chi connectivity index (χ3v) is 5.16. The highest BCUT2D eigenvalue weighted by atomic mass is 16.1. The first-order valence-corrected chi connectivity index (χ1v) is 9.14. The molecule has 0 spiro atoms. The number of piperidine rings is 1. The van der Waals surface area contributed by atoms with E-state index in [4.69, 9.17) is 0 Å². The van der Waals surface area contributed by atoms with E-state index in [2.05, 4.69) is 20.1 Å². The predicted octanol–water partition coefficient (Wildman–Crippen LogP) is 1.81. The first kappa shape index (κ1) is 16.8. The number of H-pyrrole nitrogens is 2. The van der Waals surface area contributed by atoms with Crippen molar-refractivity contribution in [2.24, 2.45) is 0 Å². The van der Waals surface area contributed by atoms with Crippen molar-refractivity contribution < 1.29 is 0 Å². The number of fused-ring (bicyclic) bond motifs is 1. The summed E-state index contributed by atoms with van der Waals surface area (Å²) in [6.45, 7) is 5.09. The van der Waals surface area contributed by atoms with Gasteiger partial charge in [-0.15, -0.1) is 0 Å². The Morgan fingerprint density at radius 1 is 1.27 bits per heavy atom. The van der Waals surface area contributed by atoms with E-state index in [1.165, 1.54) is 0 Å². The van der Waals surface area contributed by atoms with Crippen LogP contribution in [0, 0.1) is 0 Å². The molecule has 2 N–H and O–H groups in total. The highest BCUT2D eigenvalue weighted by Gasteiger charge is 2.26. The average molecular weight is 353 g/mol. The van der Waals surface area contributed by atoms with Gasteiger partial charge in [0.2, 0.25) is 0 Å². The molecule has 0 bridgehead atoms. The normalized spacial score (nSPS) is 18.4. The van der Waals surface area contributed by atoms with E-state index >= 15 is 0 Å². The van der Waals surface area contributed by atoms with Crippen LogP contribution in [0.25, 0.3) is 10.9 Å². The standard InChI is InChI=1S/C19H23N5O2/c1-2-24-18(21-22-19(24)26)13-6-5-9-23(11-13)12-14-10-17(25)15-7-3-4-8-16(15)20-14/h3-4,7-8,10,13H,2,5-6,9,11-12H2,1H3,(H,20,25)(H,22,26)/t13-/m0/s1. The van der Waals surface area contributed by atoms with E-state index in [1.807, 2.05) is 31.2 Å². The number of nitrogens with one attached hydrogen (secondary N) is 2. The van der Waals surface area contributed by atoms with Crippen LogP contribution in [0.5, 0.6) is 0 Å². The van der Waals surface area contributed by atoms with Crippen molar-refractivity contribution in [3.05, 3.63) is 62.6 Å². The highest BCUT2D eigenvalue weighted by molar-refractivity contribution is 5.78. The third kappa shape index (κ3) is 3.10. The van der Waals surface area contributed by atoms with E-state index < -0.39 is 0 Å². The zero-order valence-electron chi connectivity index (χ0n) is 14.9. The van der Waals surface area contributed by atoms with Gasteiger partial charge in [0, 0.05) is 48.2 Å². The van der Waals surface area contributed by atoms with Crippen molar-refractivity contribution in [2.75, 3.05) is 13.1 Å². The van der Waals surface area contributed by atoms with Crippen LogP contribution in [0.15, 0.2) is 39.9 Å². The van der Waals surface area contributed by atoms with E-state index in [0.29, 0.717) is 13.1 Å². The highest BCUT2D eigenvalue weighted by Crippen LogP contribution is 2.25. The second-order valence-corrected chi connectivity index (χ2v) is 6.91. The number of hydrogen-bond acceptors (Lipinski definition) is 4. The van der Waals surface area contributed by atoms with Crippen molar-refractivity contribution in [3.8, 4) is 0 Å². The number of pyridine rings is 1. The summed E-state index contributed by atoms with van der Waals surface area (Å²) in [6, 6.07) is 9.28. The van der Waals surface area contributed by atoms with Gasteiger partial charge >= 0.3 is 5.69 Å². The van der Waals surface area contributed by atoms with Gasteiger partial charge in [0.05, 0.1) is 0 Å². The molecule has 7 nitrogen and oxygen atoms in total. The van der Waals surface area contributed by atoms with Crippen molar-refractivity contribution >= 4 is 10.9 Å². The largest absolute Gasteiger partial charge is 0.357 e. The van der Waals surface area contributed by atoms with E-state index in [1.54, 1.807) is 10.6 Å². The number of aromatic amines is 2. The molecule has 1 fully saturated rings. The van der Waals surface area contributed by atoms with E-state index in [9.17, 15) is 9.59 Å². The molecule has 0 radical (unpaired) electrons. The van der Waals surface area contributed by atoms with E-state index in [-0.39, 0.29) is 17.0 Å². The summed E-state index contributed by atoms with van der Waals surface area (Å²) in [6.07, 6.45) is 2.07. The minimum Gasteiger partial charge on any atom is -0.357 e. The summed E-state index contributed by atoms with van der Waals surface area (Å²) in [5.74, 6) is 1.07. The fourth-order valence-electron chi connectivity index (χ4n) is 3.94. The van der Waals surface area contributed by atoms with Crippen molar-refractivity contribution in [1.29, 1.82) is 0 Å². The predicted molar refractivity (Wildman–Crippen MR) is 100 cm³/mol. The molecule has 0 unspecified atom stereocenters. The molecule has 2 aromatic heterocycles. The van der Waals surface area contributed by atoms with Gasteiger partial charge in [0.15, 0.2) is 5.43 Å². The summed E-state index contributed by atoms with van der Waals surface area (Å²) in [7, 11) is 0. The zero-order chi connectivity index (χ0) is 18.1. The van der Waals surface area contributed by atoms with Gasteiger partial charge < -0.3 is 4.98 Å². The van der Waals surface area contributed by atoms with Crippen LogP contribution in [0.1, 0.15) is 37.2 Å². The Morgan fingerprint density at radius 2 is 2.12 bits per heavy atom. The smallest absolute Gasteiger partial charge is 0.343 e. The maximum absolute atomic E-state index is 12.3. The molecule has 1 aliphatic rings. The maximum Gasteiger partial charge on any atom is 0.343 e. The number of rotatable bonds is 4. The molecule has 4 rings (SSSR count). The molecule has 1 atom stereocenters. The van der Waals surface area contributed by atoms with Crippen LogP contribution >= 0.6 is 0 Å². The Morgan fingerprint density at radius 3 is 2.96 bits per heavy atom. The molecule has 0 aliphatic carbocycles. The summed E-state index contributed by atoms with van der Waals surface area (Å²) in [5, 5.41) is 7.54. The lowest BCUT2D eigenvalue weighted by Crippen LogP contribution is -2.36. The lowest BCUT2D eigenvalue weighted by Gasteiger charge is -2.32. The van der Waals surface area contributed by atoms with Crippen molar-refractivity contribution in [2.45, 2.75) is 38.8 Å². The molecular weight excluding hydrogens is 330 g/mol. The minimum absolute atomic E-state index is 0.0510. The summed E-state index contributed by atoms with van der Waals surface area (Å²) < 4.78 is 1.71. The van der Waals surface area contributed by atoms with Crippen molar-refractivity contribution in [3.63, 3.8) is 0 Å². The minimum atomic E-state index is -0.140. The average Bonchev–Trinajstić information content (AvgIpc) is 3.02. The molecule has 26 heavy (non-hydrogen) atoms. The van der Waals surface area contributed by atoms with Gasteiger partial charge in [0.1, 0.15) is 5.82 Å². The Kier molecular flexibility index (Phi) is 4.46. The van der Waals surface area contributed by atoms with Crippen LogP contribution in [0.4, 0.5) is 0 Å². The molecule has 1 saturated heterocycles. The molecular formula is C19H23N5O2. The van der Waals surface area contributed by atoms with Gasteiger partial charge in [0.25, 0.3) is 0 Å². The number of likely N-dealkylation sites (tertiary alicyclic amines) is 1. The van der Waals surface area contributed by atoms with Gasteiger partial charge in [-0.05, 0) is 38.4 Å². The number of benzene rings is 1. The van der Waals surface area contributed by atoms with Gasteiger partial charge in [-0.3, -0.25) is 14.3 Å². The topological polar surface area (TPSA) is 86.8 Å². The second-order valence-electron chi connectivity index (χ2n) is 6.91. The van der Waals surface area contributed by atoms with Crippen LogP contribution in [0.3, 0.4) is 0 Å². The molecule has 136 valence electrons. The van der Waals surface area contributed by atoms with Crippen molar-refractivity contribution in [1.82, 2.24) is 24.6 Å². The quantitative estimate of drug-likeness (QED) is 0.749. The molecule has 0 saturated carbocycles. The van der Waals surface area contributed by atoms with Crippen LogP contribution in [-0.4, -0.2) is 37.7 Å². The molecule has 1 aliphatic heterocycles. The Hall–Kier alpha value is -2.67. The second kappa shape index (κ2) is 6.92. The monoisotopic (exact) mass is 353 g/mol. The third-order valence-electron chi connectivity index (χ3n) is 5.16. The van der Waals surface area contributed by atoms with Crippen LogP contribution in [-0.2, 0) is 13.1 Å². The summed E-state index contributed by atoms with van der Waals surface area (Å²) in [4.78, 5) is 29.9. The lowest BCUT2D eigenvalue weighted by atomic mass is 9.97. The maximum atomic E-state index is 12.3.